The molecular formula is C18H14O4. The molecule has 22 heavy (non-hydrogen) atoms. The first-order chi connectivity index (χ1) is 10.6. The average molecular weight is 294 g/mol. The van der Waals surface area contributed by atoms with E-state index in [2.05, 4.69) is 0 Å². The number of hydrogen-bond donors (Lipinski definition) is 2. The molecule has 0 atom stereocenters. The fourth-order valence-corrected chi connectivity index (χ4v) is 1.88. The topological polar surface area (TPSA) is 74.6 Å². The van der Waals surface area contributed by atoms with Crippen molar-refractivity contribution in [2.45, 2.75) is 0 Å². The molecule has 0 saturated carbocycles. The van der Waals surface area contributed by atoms with Crippen LogP contribution in [-0.2, 0) is 0 Å². The Kier molecular flexibility index (Phi) is 4.88. The lowest BCUT2D eigenvalue weighted by atomic mass is 10.1. The van der Waals surface area contributed by atoms with Crippen molar-refractivity contribution < 1.29 is 19.8 Å². The lowest BCUT2D eigenvalue weighted by molar-refractivity contribution is 0.0686. The van der Waals surface area contributed by atoms with Crippen molar-refractivity contribution in [1.29, 1.82) is 0 Å². The van der Waals surface area contributed by atoms with Gasteiger partial charge in [-0.05, 0) is 35.4 Å². The van der Waals surface area contributed by atoms with E-state index in [4.69, 9.17) is 10.2 Å². The normalized spacial score (nSPS) is 11.1. The van der Waals surface area contributed by atoms with Crippen LogP contribution in [0.15, 0.2) is 60.7 Å². The molecule has 0 amide bonds. The highest BCUT2D eigenvalue weighted by Crippen LogP contribution is 2.09. The summed E-state index contributed by atoms with van der Waals surface area (Å²) in [7, 11) is 0. The number of aromatic carboxylic acids is 2. The molecule has 0 unspecified atom stereocenters. The summed E-state index contributed by atoms with van der Waals surface area (Å²) >= 11 is 0. The third-order valence-electron chi connectivity index (χ3n) is 2.96. The van der Waals surface area contributed by atoms with E-state index in [0.717, 1.165) is 11.1 Å². The van der Waals surface area contributed by atoms with Crippen molar-refractivity contribution in [2.24, 2.45) is 0 Å². The maximum Gasteiger partial charge on any atom is 0.335 e. The van der Waals surface area contributed by atoms with Gasteiger partial charge in [-0.3, -0.25) is 0 Å². The molecule has 0 saturated heterocycles. The Labute approximate surface area is 127 Å². The second kappa shape index (κ2) is 7.04. The van der Waals surface area contributed by atoms with Crippen molar-refractivity contribution in [3.63, 3.8) is 0 Å². The Morgan fingerprint density at radius 2 is 1.14 bits per heavy atom. The third-order valence-corrected chi connectivity index (χ3v) is 2.96. The lowest BCUT2D eigenvalue weighted by Gasteiger charge is -1.97. The molecule has 0 aromatic heterocycles. The minimum Gasteiger partial charge on any atom is -0.478 e. The van der Waals surface area contributed by atoms with Gasteiger partial charge in [0.15, 0.2) is 0 Å². The summed E-state index contributed by atoms with van der Waals surface area (Å²) in [5.74, 6) is -1.92. The number of rotatable bonds is 5. The maximum atomic E-state index is 10.9. The summed E-state index contributed by atoms with van der Waals surface area (Å²) in [5, 5.41) is 17.8. The summed E-state index contributed by atoms with van der Waals surface area (Å²) < 4.78 is 0. The van der Waals surface area contributed by atoms with Crippen LogP contribution < -0.4 is 0 Å². The van der Waals surface area contributed by atoms with Crippen LogP contribution in [0.1, 0.15) is 31.8 Å². The van der Waals surface area contributed by atoms with Crippen molar-refractivity contribution >= 4 is 24.1 Å². The minimum atomic E-state index is -0.962. The molecule has 4 nitrogen and oxygen atoms in total. The van der Waals surface area contributed by atoms with Crippen molar-refractivity contribution in [1.82, 2.24) is 0 Å². The molecule has 2 aromatic rings. The monoisotopic (exact) mass is 294 g/mol. The molecule has 110 valence electrons. The molecule has 0 fully saturated rings. The van der Waals surface area contributed by atoms with Gasteiger partial charge in [-0.15, -0.1) is 0 Å². The zero-order chi connectivity index (χ0) is 15.9. The third kappa shape index (κ3) is 4.18. The fourth-order valence-electron chi connectivity index (χ4n) is 1.88. The zero-order valence-corrected chi connectivity index (χ0v) is 11.6. The van der Waals surface area contributed by atoms with Crippen LogP contribution in [-0.4, -0.2) is 22.2 Å². The Morgan fingerprint density at radius 1 is 0.727 bits per heavy atom. The van der Waals surface area contributed by atoms with Crippen LogP contribution in [0.3, 0.4) is 0 Å². The van der Waals surface area contributed by atoms with Gasteiger partial charge < -0.3 is 10.2 Å². The van der Waals surface area contributed by atoms with Crippen LogP contribution >= 0.6 is 0 Å². The average Bonchev–Trinajstić information content (AvgIpc) is 2.52. The van der Waals surface area contributed by atoms with Gasteiger partial charge in [-0.25, -0.2) is 9.59 Å². The van der Waals surface area contributed by atoms with E-state index in [1.54, 1.807) is 48.6 Å². The van der Waals surface area contributed by atoms with E-state index >= 15 is 0 Å². The van der Waals surface area contributed by atoms with E-state index in [9.17, 15) is 9.59 Å². The quantitative estimate of drug-likeness (QED) is 0.822. The van der Waals surface area contributed by atoms with Crippen molar-refractivity contribution in [3.05, 3.63) is 82.9 Å². The fraction of sp³-hybridized carbons (Fsp3) is 0. The number of carboxylic acids is 2. The van der Waals surface area contributed by atoms with E-state index in [1.807, 2.05) is 12.1 Å². The Hall–Kier alpha value is -3.14. The number of benzene rings is 2. The van der Waals surface area contributed by atoms with Gasteiger partial charge in [0.05, 0.1) is 11.1 Å². The van der Waals surface area contributed by atoms with E-state index in [-0.39, 0.29) is 11.1 Å². The first-order valence-corrected chi connectivity index (χ1v) is 6.58. The molecule has 0 radical (unpaired) electrons. The second-order valence-electron chi connectivity index (χ2n) is 4.58. The van der Waals surface area contributed by atoms with Crippen LogP contribution in [0.4, 0.5) is 0 Å². The first-order valence-electron chi connectivity index (χ1n) is 6.58. The second-order valence-corrected chi connectivity index (χ2v) is 4.58. The maximum absolute atomic E-state index is 10.9. The van der Waals surface area contributed by atoms with Crippen molar-refractivity contribution in [2.75, 3.05) is 0 Å². The van der Waals surface area contributed by atoms with E-state index in [0.29, 0.717) is 0 Å². The highest BCUT2D eigenvalue weighted by Gasteiger charge is 2.01. The van der Waals surface area contributed by atoms with Gasteiger partial charge in [-0.1, -0.05) is 48.6 Å². The molecule has 4 heteroatoms. The molecule has 2 rings (SSSR count). The molecule has 0 aliphatic rings. The van der Waals surface area contributed by atoms with Crippen LogP contribution in [0.25, 0.3) is 12.2 Å². The van der Waals surface area contributed by atoms with Crippen LogP contribution in [0.5, 0.6) is 0 Å². The molecular weight excluding hydrogens is 280 g/mol. The van der Waals surface area contributed by atoms with Crippen molar-refractivity contribution in [3.8, 4) is 0 Å². The van der Waals surface area contributed by atoms with E-state index in [1.165, 1.54) is 12.1 Å². The molecule has 0 aliphatic heterocycles. The van der Waals surface area contributed by atoms with Gasteiger partial charge in [0.2, 0.25) is 0 Å². The Morgan fingerprint density at radius 3 is 1.50 bits per heavy atom. The molecule has 2 N–H and O–H groups in total. The van der Waals surface area contributed by atoms with Gasteiger partial charge >= 0.3 is 11.9 Å². The zero-order valence-electron chi connectivity index (χ0n) is 11.6. The smallest absolute Gasteiger partial charge is 0.335 e. The highest BCUT2D eigenvalue weighted by atomic mass is 16.4. The predicted molar refractivity (Wildman–Crippen MR) is 84.9 cm³/mol. The number of carboxylic acid groups (broad SMARTS) is 2. The first kappa shape index (κ1) is 15.3. The summed E-state index contributed by atoms with van der Waals surface area (Å²) in [5.41, 5.74) is 2.04. The number of hydrogen-bond acceptors (Lipinski definition) is 2. The molecule has 2 aromatic carbocycles. The number of carbonyl (C=O) groups is 2. The molecule has 0 bridgehead atoms. The number of allylic oxidation sites excluding steroid dienone is 2. The van der Waals surface area contributed by atoms with Gasteiger partial charge in [0.1, 0.15) is 0 Å². The summed E-state index contributed by atoms with van der Waals surface area (Å²) in [6.45, 7) is 0. The minimum absolute atomic E-state index is 0.236. The lowest BCUT2D eigenvalue weighted by Crippen LogP contribution is -1.95. The van der Waals surface area contributed by atoms with E-state index < -0.39 is 11.9 Å². The summed E-state index contributed by atoms with van der Waals surface area (Å²) in [6, 6.07) is 13.2. The Balaban J connectivity index is 2.09. The highest BCUT2D eigenvalue weighted by molar-refractivity contribution is 5.89. The van der Waals surface area contributed by atoms with Gasteiger partial charge in [0.25, 0.3) is 0 Å². The Bertz CT molecular complexity index is 692. The molecule has 0 heterocycles. The van der Waals surface area contributed by atoms with Gasteiger partial charge in [-0.2, -0.15) is 0 Å². The SMILES string of the molecule is O=C(O)c1cccc(/C=C/C=C/c2cccc(C(=O)O)c2)c1. The predicted octanol–water partition coefficient (Wildman–Crippen LogP) is 3.81. The molecule has 0 spiro atoms. The van der Waals surface area contributed by atoms with Crippen LogP contribution in [0.2, 0.25) is 0 Å². The largest absolute Gasteiger partial charge is 0.478 e. The summed E-state index contributed by atoms with van der Waals surface area (Å²) in [4.78, 5) is 21.7. The standard InChI is InChI=1S/C18H14O4/c19-17(20)15-9-3-7-13(11-15)5-1-2-6-14-8-4-10-16(12-14)18(21)22/h1-12H,(H,19,20)(H,21,22)/b5-1+,6-2+. The van der Waals surface area contributed by atoms with Crippen LogP contribution in [0, 0.1) is 0 Å². The summed E-state index contributed by atoms with van der Waals surface area (Å²) in [6.07, 6.45) is 7.11. The van der Waals surface area contributed by atoms with Gasteiger partial charge in [0, 0.05) is 0 Å². The molecule has 0 aliphatic carbocycles.